The lowest BCUT2D eigenvalue weighted by atomic mass is 9.77. The maximum absolute atomic E-state index is 13.0. The van der Waals surface area contributed by atoms with Crippen LogP contribution in [-0.4, -0.2) is 58.4 Å². The first-order valence-electron chi connectivity index (χ1n) is 9.03. The molecule has 1 N–H and O–H groups in total. The van der Waals surface area contributed by atoms with Crippen LogP contribution in [0.3, 0.4) is 0 Å². The summed E-state index contributed by atoms with van der Waals surface area (Å²) in [5.41, 5.74) is -0.381. The highest BCUT2D eigenvalue weighted by Gasteiger charge is 2.42. The van der Waals surface area contributed by atoms with Gasteiger partial charge in [0, 0.05) is 26.1 Å². The first kappa shape index (κ1) is 18.7. The molecule has 0 aromatic heterocycles. The minimum Gasteiger partial charge on any atom is -0.480 e. The van der Waals surface area contributed by atoms with Crippen LogP contribution in [0, 0.1) is 11.3 Å². The molecule has 2 aliphatic rings. The summed E-state index contributed by atoms with van der Waals surface area (Å²) < 4.78 is 0. The summed E-state index contributed by atoms with van der Waals surface area (Å²) in [6.07, 6.45) is 4.57. The summed E-state index contributed by atoms with van der Waals surface area (Å²) in [5, 5.41) is 9.33. The summed E-state index contributed by atoms with van der Waals surface area (Å²) in [6.45, 7) is 7.86. The molecule has 0 aliphatic carbocycles. The fourth-order valence-electron chi connectivity index (χ4n) is 3.70. The van der Waals surface area contributed by atoms with E-state index < -0.39 is 17.9 Å². The molecule has 2 rings (SSSR count). The molecule has 0 aromatic carbocycles. The van der Waals surface area contributed by atoms with Gasteiger partial charge < -0.3 is 14.9 Å². The van der Waals surface area contributed by atoms with Crippen molar-refractivity contribution < 1.29 is 19.5 Å². The van der Waals surface area contributed by atoms with E-state index in [1.54, 1.807) is 0 Å². The van der Waals surface area contributed by atoms with Crippen molar-refractivity contribution in [1.82, 2.24) is 9.80 Å². The molecular formula is C18H30N2O4. The van der Waals surface area contributed by atoms with E-state index in [2.05, 4.69) is 0 Å². The highest BCUT2D eigenvalue weighted by molar-refractivity contribution is 5.89. The van der Waals surface area contributed by atoms with Crippen LogP contribution in [0.4, 0.5) is 0 Å². The Morgan fingerprint density at radius 3 is 2.21 bits per heavy atom. The molecule has 0 saturated carbocycles. The van der Waals surface area contributed by atoms with Gasteiger partial charge in [-0.25, -0.2) is 4.79 Å². The molecule has 0 unspecified atom stereocenters. The fraction of sp³-hybridized carbons (Fsp3) is 0.833. The molecule has 6 nitrogen and oxygen atoms in total. The molecule has 0 aromatic rings. The van der Waals surface area contributed by atoms with Crippen molar-refractivity contribution in [3.63, 3.8) is 0 Å². The van der Waals surface area contributed by atoms with Crippen LogP contribution in [0.2, 0.25) is 0 Å². The average Bonchev–Trinajstić information content (AvgIpc) is 3.01. The third-order valence-electron chi connectivity index (χ3n) is 5.25. The fourth-order valence-corrected chi connectivity index (χ4v) is 3.70. The molecule has 24 heavy (non-hydrogen) atoms. The quantitative estimate of drug-likeness (QED) is 0.852. The van der Waals surface area contributed by atoms with Gasteiger partial charge in [0.1, 0.15) is 6.04 Å². The minimum absolute atomic E-state index is 0.0223. The zero-order valence-corrected chi connectivity index (χ0v) is 15.1. The van der Waals surface area contributed by atoms with Crippen LogP contribution in [0.1, 0.15) is 59.3 Å². The van der Waals surface area contributed by atoms with Crippen LogP contribution in [0.25, 0.3) is 0 Å². The van der Waals surface area contributed by atoms with Crippen molar-refractivity contribution >= 4 is 17.8 Å². The molecule has 2 fully saturated rings. The molecule has 0 radical (unpaired) electrons. The Morgan fingerprint density at radius 2 is 1.67 bits per heavy atom. The second-order valence-electron chi connectivity index (χ2n) is 8.09. The lowest BCUT2D eigenvalue weighted by Gasteiger charge is -2.36. The number of carboxylic acids is 1. The summed E-state index contributed by atoms with van der Waals surface area (Å²) in [5.74, 6) is -1.59. The Bertz CT molecular complexity index is 492. The number of piperidine rings is 1. The summed E-state index contributed by atoms with van der Waals surface area (Å²) >= 11 is 0. The lowest BCUT2D eigenvalue weighted by Crippen LogP contribution is -2.48. The van der Waals surface area contributed by atoms with Gasteiger partial charge in [-0.05, 0) is 37.5 Å². The smallest absolute Gasteiger partial charge is 0.326 e. The molecule has 0 spiro atoms. The molecule has 2 heterocycles. The zero-order chi connectivity index (χ0) is 17.9. The van der Waals surface area contributed by atoms with E-state index in [0.717, 1.165) is 32.4 Å². The molecular weight excluding hydrogens is 308 g/mol. The third-order valence-corrected chi connectivity index (χ3v) is 5.25. The van der Waals surface area contributed by atoms with Gasteiger partial charge in [-0.1, -0.05) is 20.8 Å². The number of carbonyl (C=O) groups excluding carboxylic acids is 2. The highest BCUT2D eigenvalue weighted by atomic mass is 16.4. The van der Waals surface area contributed by atoms with Crippen LogP contribution < -0.4 is 0 Å². The van der Waals surface area contributed by atoms with Gasteiger partial charge in [0.15, 0.2) is 0 Å². The molecule has 136 valence electrons. The maximum atomic E-state index is 13.0. The van der Waals surface area contributed by atoms with Gasteiger partial charge in [0.05, 0.1) is 5.92 Å². The van der Waals surface area contributed by atoms with E-state index in [0.29, 0.717) is 19.4 Å². The number of carboxylic acid groups (broad SMARTS) is 1. The Labute approximate surface area is 144 Å². The van der Waals surface area contributed by atoms with E-state index in [-0.39, 0.29) is 23.7 Å². The van der Waals surface area contributed by atoms with Crippen molar-refractivity contribution in [2.75, 3.05) is 19.6 Å². The monoisotopic (exact) mass is 338 g/mol. The minimum atomic E-state index is -0.948. The van der Waals surface area contributed by atoms with Crippen molar-refractivity contribution in [1.29, 1.82) is 0 Å². The van der Waals surface area contributed by atoms with E-state index >= 15 is 0 Å². The number of carbonyl (C=O) groups is 3. The van der Waals surface area contributed by atoms with Crippen LogP contribution >= 0.6 is 0 Å². The van der Waals surface area contributed by atoms with Gasteiger partial charge in [-0.3, -0.25) is 9.59 Å². The number of nitrogens with zero attached hydrogens (tertiary/aromatic N) is 2. The van der Waals surface area contributed by atoms with Gasteiger partial charge >= 0.3 is 5.97 Å². The van der Waals surface area contributed by atoms with Crippen LogP contribution in [-0.2, 0) is 14.4 Å². The van der Waals surface area contributed by atoms with Gasteiger partial charge in [-0.2, -0.15) is 0 Å². The number of rotatable bonds is 4. The molecule has 0 bridgehead atoms. The predicted molar refractivity (Wildman–Crippen MR) is 90.4 cm³/mol. The third kappa shape index (κ3) is 4.28. The molecule has 2 amide bonds. The summed E-state index contributed by atoms with van der Waals surface area (Å²) in [6, 6.07) is -0.743. The van der Waals surface area contributed by atoms with Crippen molar-refractivity contribution in [3.8, 4) is 0 Å². The molecule has 2 aliphatic heterocycles. The van der Waals surface area contributed by atoms with Gasteiger partial charge in [0.2, 0.25) is 11.8 Å². The zero-order valence-electron chi connectivity index (χ0n) is 15.1. The van der Waals surface area contributed by atoms with E-state index in [4.69, 9.17) is 0 Å². The molecule has 2 atom stereocenters. The molecule has 6 heteroatoms. The highest BCUT2D eigenvalue weighted by Crippen LogP contribution is 2.33. The summed E-state index contributed by atoms with van der Waals surface area (Å²) in [4.78, 5) is 40.4. The first-order chi connectivity index (χ1) is 11.2. The standard InChI is InChI=1S/C18H30N2O4/c1-18(2,3)13(12-15(21)19-9-5-4-6-10-19)16(22)20-11-7-8-14(20)17(23)24/h13-14H,4-12H2,1-3H3,(H,23,24)/t13-,14+/m1/s1. The first-order valence-corrected chi connectivity index (χ1v) is 9.03. The predicted octanol–water partition coefficient (Wildman–Crippen LogP) is 2.13. The second kappa shape index (κ2) is 7.53. The Balaban J connectivity index is 2.11. The van der Waals surface area contributed by atoms with Gasteiger partial charge in [0.25, 0.3) is 0 Å². The van der Waals surface area contributed by atoms with E-state index in [9.17, 15) is 19.5 Å². The Hall–Kier alpha value is -1.59. The van der Waals surface area contributed by atoms with Crippen molar-refractivity contribution in [2.45, 2.75) is 65.3 Å². The van der Waals surface area contributed by atoms with E-state index in [1.165, 1.54) is 4.90 Å². The average molecular weight is 338 g/mol. The lowest BCUT2D eigenvalue weighted by molar-refractivity contribution is -0.153. The molecule has 2 saturated heterocycles. The number of hydrogen-bond acceptors (Lipinski definition) is 3. The SMILES string of the molecule is CC(C)(C)[C@H](CC(=O)N1CCCCC1)C(=O)N1CCC[C@H]1C(=O)O. The summed E-state index contributed by atoms with van der Waals surface area (Å²) in [7, 11) is 0. The maximum Gasteiger partial charge on any atom is 0.326 e. The Kier molecular flexibility index (Phi) is 5.88. The largest absolute Gasteiger partial charge is 0.480 e. The number of aliphatic carboxylic acids is 1. The van der Waals surface area contributed by atoms with E-state index in [1.807, 2.05) is 25.7 Å². The Morgan fingerprint density at radius 1 is 1.04 bits per heavy atom. The van der Waals surface area contributed by atoms with Gasteiger partial charge in [-0.15, -0.1) is 0 Å². The van der Waals surface area contributed by atoms with Crippen molar-refractivity contribution in [2.24, 2.45) is 11.3 Å². The van der Waals surface area contributed by atoms with Crippen molar-refractivity contribution in [3.05, 3.63) is 0 Å². The topological polar surface area (TPSA) is 77.9 Å². The normalized spacial score (nSPS) is 23.2. The number of hydrogen-bond donors (Lipinski definition) is 1. The second-order valence-corrected chi connectivity index (χ2v) is 8.09. The van der Waals surface area contributed by atoms with Crippen LogP contribution in [0.15, 0.2) is 0 Å². The number of likely N-dealkylation sites (tertiary alicyclic amines) is 2. The number of amides is 2. The van der Waals surface area contributed by atoms with Crippen LogP contribution in [0.5, 0.6) is 0 Å².